The van der Waals surface area contributed by atoms with Gasteiger partial charge >= 0.3 is 0 Å². The first-order valence-electron chi connectivity index (χ1n) is 3.44. The summed E-state index contributed by atoms with van der Waals surface area (Å²) in [5, 5.41) is 0.0725. The molecule has 0 bridgehead atoms. The van der Waals surface area contributed by atoms with Crippen LogP contribution in [0.2, 0.25) is 0 Å². The van der Waals surface area contributed by atoms with Crippen molar-refractivity contribution in [3.63, 3.8) is 0 Å². The fourth-order valence-corrected chi connectivity index (χ4v) is 1.20. The minimum absolute atomic E-state index is 0.0725. The molecule has 0 aliphatic carbocycles. The van der Waals surface area contributed by atoms with Gasteiger partial charge in [-0.15, -0.1) is 0 Å². The maximum absolute atomic E-state index is 12.5. The summed E-state index contributed by atoms with van der Waals surface area (Å²) < 4.78 is 12.5. The summed E-state index contributed by atoms with van der Waals surface area (Å²) in [6.07, 6.45) is 0.325. The average Bonchev–Trinajstić information content (AvgIpc) is 1.87. The van der Waals surface area contributed by atoms with Crippen LogP contribution in [0.1, 0.15) is 26.7 Å². The number of carbonyl (C=O) groups excluding carboxylic acids is 1. The molecule has 1 atom stereocenters. The van der Waals surface area contributed by atoms with Crippen molar-refractivity contribution >= 4 is 16.9 Å². The SMILES string of the molecule is CCC(F)CCSC(C)=O. The van der Waals surface area contributed by atoms with Crippen LogP contribution in [0.15, 0.2) is 0 Å². The normalized spacial score (nSPS) is 13.1. The third-order valence-electron chi connectivity index (χ3n) is 1.18. The van der Waals surface area contributed by atoms with E-state index < -0.39 is 6.17 Å². The van der Waals surface area contributed by atoms with Gasteiger partial charge in [-0.3, -0.25) is 4.79 Å². The van der Waals surface area contributed by atoms with Crippen LogP contribution in [0.5, 0.6) is 0 Å². The zero-order valence-corrected chi connectivity index (χ0v) is 7.21. The topological polar surface area (TPSA) is 17.1 Å². The molecular formula is C7H13FOS. The van der Waals surface area contributed by atoms with Gasteiger partial charge in [0, 0.05) is 12.7 Å². The number of hydrogen-bond donors (Lipinski definition) is 0. The van der Waals surface area contributed by atoms with Gasteiger partial charge in [-0.25, -0.2) is 4.39 Å². The molecule has 60 valence electrons. The van der Waals surface area contributed by atoms with Crippen molar-refractivity contribution in [1.82, 2.24) is 0 Å². The average molecular weight is 164 g/mol. The highest BCUT2D eigenvalue weighted by molar-refractivity contribution is 8.13. The summed E-state index contributed by atoms with van der Waals surface area (Å²) in [5.74, 6) is 0.615. The lowest BCUT2D eigenvalue weighted by atomic mass is 10.2. The second kappa shape index (κ2) is 5.71. The lowest BCUT2D eigenvalue weighted by molar-refractivity contribution is -0.109. The molecule has 0 heterocycles. The highest BCUT2D eigenvalue weighted by Crippen LogP contribution is 2.09. The van der Waals surface area contributed by atoms with Crippen LogP contribution in [0.25, 0.3) is 0 Å². The minimum atomic E-state index is -0.730. The Morgan fingerprint density at radius 1 is 1.70 bits per heavy atom. The van der Waals surface area contributed by atoms with Crippen molar-refractivity contribution in [2.75, 3.05) is 5.75 Å². The number of rotatable bonds is 4. The third kappa shape index (κ3) is 6.08. The summed E-state index contributed by atoms with van der Waals surface area (Å²) in [6, 6.07) is 0. The van der Waals surface area contributed by atoms with E-state index in [0.29, 0.717) is 18.6 Å². The van der Waals surface area contributed by atoms with E-state index in [0.717, 1.165) is 0 Å². The molecule has 0 amide bonds. The lowest BCUT2D eigenvalue weighted by Crippen LogP contribution is -1.99. The molecule has 10 heavy (non-hydrogen) atoms. The maximum Gasteiger partial charge on any atom is 0.185 e. The summed E-state index contributed by atoms with van der Waals surface area (Å²) in [6.45, 7) is 3.31. The molecule has 0 saturated carbocycles. The van der Waals surface area contributed by atoms with Crippen LogP contribution < -0.4 is 0 Å². The summed E-state index contributed by atoms with van der Waals surface area (Å²) in [7, 11) is 0. The van der Waals surface area contributed by atoms with Crippen LogP contribution in [0.3, 0.4) is 0 Å². The second-order valence-electron chi connectivity index (χ2n) is 2.13. The number of halogens is 1. The maximum atomic E-state index is 12.5. The number of hydrogen-bond acceptors (Lipinski definition) is 2. The highest BCUT2D eigenvalue weighted by Gasteiger charge is 2.02. The smallest absolute Gasteiger partial charge is 0.185 e. The summed E-state index contributed by atoms with van der Waals surface area (Å²) >= 11 is 1.20. The molecule has 0 rings (SSSR count). The molecule has 0 saturated heterocycles. The summed E-state index contributed by atoms with van der Waals surface area (Å²) in [5.41, 5.74) is 0. The highest BCUT2D eigenvalue weighted by atomic mass is 32.2. The van der Waals surface area contributed by atoms with E-state index in [2.05, 4.69) is 0 Å². The molecule has 0 aliphatic rings. The van der Waals surface area contributed by atoms with E-state index in [-0.39, 0.29) is 5.12 Å². The first-order chi connectivity index (χ1) is 4.66. The quantitative estimate of drug-likeness (QED) is 0.634. The fourth-order valence-electron chi connectivity index (χ4n) is 0.535. The standard InChI is InChI=1S/C7H13FOS/c1-3-7(8)4-5-10-6(2)9/h7H,3-5H2,1-2H3. The van der Waals surface area contributed by atoms with E-state index in [1.807, 2.05) is 6.92 Å². The van der Waals surface area contributed by atoms with Crippen molar-refractivity contribution < 1.29 is 9.18 Å². The molecule has 0 aromatic heterocycles. The van der Waals surface area contributed by atoms with Gasteiger partial charge < -0.3 is 0 Å². The third-order valence-corrected chi connectivity index (χ3v) is 2.03. The molecule has 0 aliphatic heterocycles. The Balaban J connectivity index is 3.11. The van der Waals surface area contributed by atoms with Gasteiger partial charge in [0.25, 0.3) is 0 Å². The van der Waals surface area contributed by atoms with Crippen LogP contribution in [-0.4, -0.2) is 17.0 Å². The van der Waals surface area contributed by atoms with Gasteiger partial charge in [-0.2, -0.15) is 0 Å². The van der Waals surface area contributed by atoms with Crippen LogP contribution in [-0.2, 0) is 4.79 Å². The Kier molecular flexibility index (Phi) is 5.69. The van der Waals surface area contributed by atoms with Crippen LogP contribution in [0, 0.1) is 0 Å². The largest absolute Gasteiger partial charge is 0.288 e. The van der Waals surface area contributed by atoms with Gasteiger partial charge in [0.2, 0.25) is 0 Å². The van der Waals surface area contributed by atoms with Gasteiger partial charge in [0.15, 0.2) is 5.12 Å². The van der Waals surface area contributed by atoms with Crippen molar-refractivity contribution in [3.05, 3.63) is 0 Å². The zero-order valence-electron chi connectivity index (χ0n) is 6.39. The Morgan fingerprint density at radius 2 is 2.30 bits per heavy atom. The lowest BCUT2D eigenvalue weighted by Gasteiger charge is -2.01. The van der Waals surface area contributed by atoms with E-state index >= 15 is 0 Å². The van der Waals surface area contributed by atoms with Crippen molar-refractivity contribution in [2.24, 2.45) is 0 Å². The molecule has 0 N–H and O–H groups in total. The predicted octanol–water partition coefficient (Wildman–Crippen LogP) is 2.40. The Morgan fingerprint density at radius 3 is 2.70 bits per heavy atom. The van der Waals surface area contributed by atoms with E-state index in [1.54, 1.807) is 0 Å². The van der Waals surface area contributed by atoms with Crippen LogP contribution >= 0.6 is 11.8 Å². The van der Waals surface area contributed by atoms with E-state index in [9.17, 15) is 9.18 Å². The van der Waals surface area contributed by atoms with Crippen molar-refractivity contribution in [2.45, 2.75) is 32.9 Å². The molecule has 0 spiro atoms. The first-order valence-corrected chi connectivity index (χ1v) is 4.42. The number of carbonyl (C=O) groups is 1. The van der Waals surface area contributed by atoms with Gasteiger partial charge in [-0.05, 0) is 12.8 Å². The predicted molar refractivity (Wildman–Crippen MR) is 42.9 cm³/mol. The number of thioether (sulfide) groups is 1. The monoisotopic (exact) mass is 164 g/mol. The second-order valence-corrected chi connectivity index (χ2v) is 3.41. The Bertz CT molecular complexity index is 106. The zero-order chi connectivity index (χ0) is 7.98. The fraction of sp³-hybridized carbons (Fsp3) is 0.857. The van der Waals surface area contributed by atoms with Gasteiger partial charge in [0.05, 0.1) is 0 Å². The van der Waals surface area contributed by atoms with Crippen molar-refractivity contribution in [3.8, 4) is 0 Å². The van der Waals surface area contributed by atoms with E-state index in [1.165, 1.54) is 18.7 Å². The van der Waals surface area contributed by atoms with Gasteiger partial charge in [-0.1, -0.05) is 18.7 Å². The molecule has 0 fully saturated rings. The Labute approximate surface area is 65.4 Å². The number of alkyl halides is 1. The van der Waals surface area contributed by atoms with Crippen LogP contribution in [0.4, 0.5) is 4.39 Å². The first kappa shape index (κ1) is 9.95. The molecule has 1 nitrogen and oxygen atoms in total. The molecular weight excluding hydrogens is 151 g/mol. The molecule has 0 aromatic rings. The van der Waals surface area contributed by atoms with Crippen molar-refractivity contribution in [1.29, 1.82) is 0 Å². The molecule has 0 radical (unpaired) electrons. The van der Waals surface area contributed by atoms with E-state index in [4.69, 9.17) is 0 Å². The molecule has 1 unspecified atom stereocenters. The molecule has 0 aromatic carbocycles. The molecule has 3 heteroatoms. The minimum Gasteiger partial charge on any atom is -0.288 e. The van der Waals surface area contributed by atoms with Gasteiger partial charge in [0.1, 0.15) is 6.17 Å². The Hall–Kier alpha value is -0.0500. The summed E-state index contributed by atoms with van der Waals surface area (Å²) in [4.78, 5) is 10.4.